The highest BCUT2D eigenvalue weighted by molar-refractivity contribution is 6.35. The molecule has 1 aromatic carbocycles. The lowest BCUT2D eigenvalue weighted by Gasteiger charge is -2.05. The first-order valence-corrected chi connectivity index (χ1v) is 4.62. The van der Waals surface area contributed by atoms with Gasteiger partial charge in [-0.05, 0) is 30.7 Å². The number of anilines is 1. The largest absolute Gasteiger partial charge is 0.308 e. The highest BCUT2D eigenvalue weighted by Crippen LogP contribution is 2.25. The van der Waals surface area contributed by atoms with Crippen molar-refractivity contribution in [1.29, 1.82) is 0 Å². The van der Waals surface area contributed by atoms with Gasteiger partial charge in [0.1, 0.15) is 5.82 Å². The van der Waals surface area contributed by atoms with E-state index in [4.69, 9.17) is 17.4 Å². The number of benzene rings is 1. The smallest absolute Gasteiger partial charge is 0.140 e. The zero-order chi connectivity index (χ0) is 10.1. The number of hydrogen-bond donors (Lipinski definition) is 2. The molecule has 0 aliphatic carbocycles. The molecule has 4 heteroatoms. The first-order valence-electron chi connectivity index (χ1n) is 4.25. The van der Waals surface area contributed by atoms with Gasteiger partial charge in [0.15, 0.2) is 0 Å². The summed E-state index contributed by atoms with van der Waals surface area (Å²) >= 11 is 6.03. The summed E-state index contributed by atoms with van der Waals surface area (Å²) in [6.45, 7) is 2.02. The highest BCUT2D eigenvalue weighted by atomic mass is 35.5. The Morgan fingerprint density at radius 3 is 2.79 bits per heavy atom. The SMILES string of the molecule is Cc1ccc(Cl)c2nc(NN)ccc12. The number of aryl methyl sites for hydroxylation is 1. The summed E-state index contributed by atoms with van der Waals surface area (Å²) in [7, 11) is 0. The second-order valence-electron chi connectivity index (χ2n) is 3.10. The minimum Gasteiger partial charge on any atom is -0.308 e. The Morgan fingerprint density at radius 2 is 2.07 bits per heavy atom. The van der Waals surface area contributed by atoms with Crippen LogP contribution in [0.2, 0.25) is 5.02 Å². The van der Waals surface area contributed by atoms with Gasteiger partial charge < -0.3 is 5.43 Å². The van der Waals surface area contributed by atoms with Crippen molar-refractivity contribution in [3.8, 4) is 0 Å². The number of nitrogens with one attached hydrogen (secondary N) is 1. The van der Waals surface area contributed by atoms with Crippen LogP contribution >= 0.6 is 11.6 Å². The van der Waals surface area contributed by atoms with Crippen molar-refractivity contribution in [2.45, 2.75) is 6.92 Å². The third-order valence-corrected chi connectivity index (χ3v) is 2.48. The first kappa shape index (κ1) is 9.24. The Bertz CT molecular complexity index is 482. The molecular formula is C10H10ClN3. The number of nitrogens with two attached hydrogens (primary N) is 1. The van der Waals surface area contributed by atoms with E-state index in [1.165, 1.54) is 0 Å². The van der Waals surface area contributed by atoms with E-state index in [1.807, 2.05) is 31.2 Å². The van der Waals surface area contributed by atoms with E-state index in [1.54, 1.807) is 0 Å². The highest BCUT2D eigenvalue weighted by Gasteiger charge is 2.03. The van der Waals surface area contributed by atoms with Crippen LogP contribution in [0.1, 0.15) is 5.56 Å². The normalized spacial score (nSPS) is 10.5. The Morgan fingerprint density at radius 1 is 1.29 bits per heavy atom. The topological polar surface area (TPSA) is 50.9 Å². The van der Waals surface area contributed by atoms with E-state index in [0.29, 0.717) is 10.8 Å². The number of aromatic nitrogens is 1. The van der Waals surface area contributed by atoms with E-state index in [0.717, 1.165) is 16.5 Å². The van der Waals surface area contributed by atoms with Crippen LogP contribution in [0.3, 0.4) is 0 Å². The monoisotopic (exact) mass is 207 g/mol. The Labute approximate surface area is 86.9 Å². The van der Waals surface area contributed by atoms with E-state index in [-0.39, 0.29) is 0 Å². The summed E-state index contributed by atoms with van der Waals surface area (Å²) in [5, 5.41) is 1.69. The van der Waals surface area contributed by atoms with Crippen molar-refractivity contribution in [3.05, 3.63) is 34.9 Å². The fourth-order valence-electron chi connectivity index (χ4n) is 1.41. The number of nitrogen functional groups attached to an aromatic ring is 1. The maximum Gasteiger partial charge on any atom is 0.140 e. The van der Waals surface area contributed by atoms with Crippen molar-refractivity contribution in [1.82, 2.24) is 4.98 Å². The lowest BCUT2D eigenvalue weighted by atomic mass is 10.1. The zero-order valence-corrected chi connectivity index (χ0v) is 8.47. The molecule has 0 aliphatic rings. The fraction of sp³-hybridized carbons (Fsp3) is 0.100. The molecule has 3 nitrogen and oxygen atoms in total. The second kappa shape index (κ2) is 3.44. The predicted octanol–water partition coefficient (Wildman–Crippen LogP) is 2.48. The van der Waals surface area contributed by atoms with Gasteiger partial charge in [-0.3, -0.25) is 0 Å². The number of hydrogen-bond acceptors (Lipinski definition) is 3. The second-order valence-corrected chi connectivity index (χ2v) is 3.51. The van der Waals surface area contributed by atoms with Crippen molar-refractivity contribution in [2.75, 3.05) is 5.43 Å². The number of hydrazine groups is 1. The number of nitrogens with zero attached hydrogens (tertiary/aromatic N) is 1. The summed E-state index contributed by atoms with van der Waals surface area (Å²) < 4.78 is 0. The third-order valence-electron chi connectivity index (χ3n) is 2.17. The number of pyridine rings is 1. The van der Waals surface area contributed by atoms with Crippen LogP contribution in [0.5, 0.6) is 0 Å². The Hall–Kier alpha value is -1.32. The van der Waals surface area contributed by atoms with E-state index in [2.05, 4.69) is 10.4 Å². The van der Waals surface area contributed by atoms with Crippen molar-refractivity contribution in [2.24, 2.45) is 5.84 Å². The molecule has 0 spiro atoms. The summed E-state index contributed by atoms with van der Waals surface area (Å²) in [5.74, 6) is 5.89. The lowest BCUT2D eigenvalue weighted by Crippen LogP contribution is -2.08. The van der Waals surface area contributed by atoms with Gasteiger partial charge in [0.25, 0.3) is 0 Å². The molecule has 0 unspecified atom stereocenters. The molecule has 0 saturated carbocycles. The molecule has 14 heavy (non-hydrogen) atoms. The summed E-state index contributed by atoms with van der Waals surface area (Å²) in [6, 6.07) is 7.60. The molecule has 0 aliphatic heterocycles. The maximum atomic E-state index is 6.03. The van der Waals surface area contributed by atoms with E-state index < -0.39 is 0 Å². The molecule has 0 fully saturated rings. The van der Waals surface area contributed by atoms with Gasteiger partial charge in [-0.25, -0.2) is 10.8 Å². The predicted molar refractivity (Wildman–Crippen MR) is 59.3 cm³/mol. The van der Waals surface area contributed by atoms with Crippen LogP contribution in [-0.2, 0) is 0 Å². The molecule has 1 aromatic heterocycles. The summed E-state index contributed by atoms with van der Waals surface area (Å²) in [5.41, 5.74) is 4.43. The van der Waals surface area contributed by atoms with Gasteiger partial charge in [-0.2, -0.15) is 0 Å². The minimum atomic E-state index is 0.616. The van der Waals surface area contributed by atoms with Crippen molar-refractivity contribution in [3.63, 3.8) is 0 Å². The molecule has 0 radical (unpaired) electrons. The Kier molecular flexibility index (Phi) is 2.27. The third kappa shape index (κ3) is 1.41. The van der Waals surface area contributed by atoms with Gasteiger partial charge in [0.05, 0.1) is 10.5 Å². The maximum absolute atomic E-state index is 6.03. The minimum absolute atomic E-state index is 0.616. The van der Waals surface area contributed by atoms with Gasteiger partial charge in [0.2, 0.25) is 0 Å². The van der Waals surface area contributed by atoms with Gasteiger partial charge in [-0.1, -0.05) is 17.7 Å². The molecule has 1 heterocycles. The molecule has 72 valence electrons. The van der Waals surface area contributed by atoms with E-state index >= 15 is 0 Å². The average Bonchev–Trinajstić information content (AvgIpc) is 2.23. The van der Waals surface area contributed by atoms with Crippen LogP contribution in [-0.4, -0.2) is 4.98 Å². The summed E-state index contributed by atoms with van der Waals surface area (Å²) in [6.07, 6.45) is 0. The van der Waals surface area contributed by atoms with E-state index in [9.17, 15) is 0 Å². The van der Waals surface area contributed by atoms with Gasteiger partial charge in [0, 0.05) is 5.39 Å². The molecule has 0 amide bonds. The van der Waals surface area contributed by atoms with Crippen LogP contribution in [0.25, 0.3) is 10.9 Å². The number of halogens is 1. The number of rotatable bonds is 1. The standard InChI is InChI=1S/C10H10ClN3/c1-6-2-4-8(11)10-7(6)3-5-9(13-10)14-12/h2-5H,12H2,1H3,(H,13,14). The quantitative estimate of drug-likeness (QED) is 0.558. The summed E-state index contributed by atoms with van der Waals surface area (Å²) in [4.78, 5) is 4.29. The fourth-order valence-corrected chi connectivity index (χ4v) is 1.61. The molecule has 0 saturated heterocycles. The first-order chi connectivity index (χ1) is 6.72. The average molecular weight is 208 g/mol. The van der Waals surface area contributed by atoms with Crippen LogP contribution in [0.15, 0.2) is 24.3 Å². The van der Waals surface area contributed by atoms with Crippen molar-refractivity contribution >= 4 is 28.3 Å². The molecule has 2 aromatic rings. The van der Waals surface area contributed by atoms with Crippen LogP contribution < -0.4 is 11.3 Å². The molecule has 0 atom stereocenters. The molecule has 0 bridgehead atoms. The van der Waals surface area contributed by atoms with Gasteiger partial charge in [-0.15, -0.1) is 0 Å². The van der Waals surface area contributed by atoms with Gasteiger partial charge >= 0.3 is 0 Å². The Balaban J connectivity index is 2.80. The molecule has 3 N–H and O–H groups in total. The molecular weight excluding hydrogens is 198 g/mol. The number of fused-ring (bicyclic) bond motifs is 1. The van der Waals surface area contributed by atoms with Crippen LogP contribution in [0, 0.1) is 6.92 Å². The zero-order valence-electron chi connectivity index (χ0n) is 7.71. The van der Waals surface area contributed by atoms with Crippen molar-refractivity contribution < 1.29 is 0 Å². The van der Waals surface area contributed by atoms with Crippen LogP contribution in [0.4, 0.5) is 5.82 Å². The lowest BCUT2D eigenvalue weighted by molar-refractivity contribution is 1.26. The molecule has 2 rings (SSSR count).